The molecule has 1 aromatic heterocycles. The molecule has 0 saturated carbocycles. The second-order valence-corrected chi connectivity index (χ2v) is 4.92. The maximum Gasteiger partial charge on any atom is 0.296 e. The molecule has 0 aliphatic rings. The number of benzene rings is 2. The highest BCUT2D eigenvalue weighted by molar-refractivity contribution is 7.22. The fourth-order valence-electron chi connectivity index (χ4n) is 1.78. The molecule has 0 amide bonds. The molecule has 5 nitrogen and oxygen atoms in total. The van der Waals surface area contributed by atoms with Crippen molar-refractivity contribution < 1.29 is 4.92 Å². The van der Waals surface area contributed by atoms with Gasteiger partial charge in [-0.05, 0) is 18.2 Å². The number of nitrogens with zero attached hydrogens (tertiary/aromatic N) is 2. The summed E-state index contributed by atoms with van der Waals surface area (Å²) >= 11 is 1.40. The van der Waals surface area contributed by atoms with Crippen molar-refractivity contribution in [2.45, 2.75) is 0 Å². The summed E-state index contributed by atoms with van der Waals surface area (Å²) < 4.78 is 0.799. The van der Waals surface area contributed by atoms with E-state index in [0.717, 1.165) is 10.4 Å². The Morgan fingerprint density at radius 2 is 1.89 bits per heavy atom. The summed E-state index contributed by atoms with van der Waals surface area (Å²) in [6.45, 7) is 0. The first kappa shape index (κ1) is 11.6. The van der Waals surface area contributed by atoms with Crippen molar-refractivity contribution in [1.82, 2.24) is 4.98 Å². The van der Waals surface area contributed by atoms with Gasteiger partial charge >= 0.3 is 0 Å². The molecule has 0 atom stereocenters. The summed E-state index contributed by atoms with van der Waals surface area (Å²) in [5.41, 5.74) is 1.37. The van der Waals surface area contributed by atoms with Gasteiger partial charge in [-0.1, -0.05) is 35.6 Å². The molecule has 0 aliphatic heterocycles. The van der Waals surface area contributed by atoms with Gasteiger partial charge in [0.2, 0.25) is 0 Å². The quantitative estimate of drug-likeness (QED) is 0.578. The van der Waals surface area contributed by atoms with Gasteiger partial charge < -0.3 is 5.32 Å². The van der Waals surface area contributed by atoms with Crippen LogP contribution in [0.4, 0.5) is 16.5 Å². The molecular weight excluding hydrogens is 262 g/mol. The Morgan fingerprint density at radius 1 is 1.11 bits per heavy atom. The number of nitro groups is 1. The van der Waals surface area contributed by atoms with Gasteiger partial charge in [0.15, 0.2) is 10.6 Å². The van der Waals surface area contributed by atoms with Crippen LogP contribution in [0.5, 0.6) is 0 Å². The predicted octanol–water partition coefficient (Wildman–Crippen LogP) is 3.95. The van der Waals surface area contributed by atoms with Gasteiger partial charge in [0.05, 0.1) is 9.62 Å². The normalized spacial score (nSPS) is 10.5. The number of nitrogens with one attached hydrogen (secondary N) is 1. The van der Waals surface area contributed by atoms with Gasteiger partial charge in [0, 0.05) is 11.8 Å². The van der Waals surface area contributed by atoms with Crippen LogP contribution in [0.15, 0.2) is 48.5 Å². The number of anilines is 2. The minimum Gasteiger partial charge on any atom is -0.332 e. The molecule has 0 bridgehead atoms. The van der Waals surface area contributed by atoms with E-state index in [0.29, 0.717) is 10.6 Å². The largest absolute Gasteiger partial charge is 0.332 e. The molecular formula is C13H9N3O2S. The lowest BCUT2D eigenvalue weighted by Crippen LogP contribution is -1.90. The molecule has 0 radical (unpaired) electrons. The number of aromatic nitrogens is 1. The lowest BCUT2D eigenvalue weighted by atomic mass is 10.3. The van der Waals surface area contributed by atoms with Crippen LogP contribution in [0.25, 0.3) is 10.2 Å². The van der Waals surface area contributed by atoms with Gasteiger partial charge in [-0.3, -0.25) is 10.1 Å². The molecule has 0 saturated heterocycles. The van der Waals surface area contributed by atoms with Gasteiger partial charge in [-0.25, -0.2) is 4.98 Å². The summed E-state index contributed by atoms with van der Waals surface area (Å²) in [4.78, 5) is 14.8. The molecule has 0 unspecified atom stereocenters. The van der Waals surface area contributed by atoms with Crippen molar-refractivity contribution in [3.05, 3.63) is 58.6 Å². The highest BCUT2D eigenvalue weighted by Gasteiger charge is 2.15. The molecule has 1 N–H and O–H groups in total. The maximum absolute atomic E-state index is 10.9. The Bertz CT molecular complexity index is 740. The van der Waals surface area contributed by atoms with Crippen LogP contribution in [0.1, 0.15) is 0 Å². The van der Waals surface area contributed by atoms with E-state index in [1.807, 2.05) is 36.4 Å². The third kappa shape index (κ3) is 2.25. The highest BCUT2D eigenvalue weighted by Crippen LogP contribution is 2.33. The average Bonchev–Trinajstić information content (AvgIpc) is 2.81. The van der Waals surface area contributed by atoms with Crippen LogP contribution in [0.2, 0.25) is 0 Å². The number of thiazole rings is 1. The second-order valence-electron chi connectivity index (χ2n) is 3.89. The van der Waals surface area contributed by atoms with E-state index in [9.17, 15) is 10.1 Å². The van der Waals surface area contributed by atoms with Crippen molar-refractivity contribution in [3.63, 3.8) is 0 Å². The zero-order chi connectivity index (χ0) is 13.2. The maximum atomic E-state index is 10.9. The minimum atomic E-state index is -0.408. The standard InChI is InChI=1S/C13H9N3O2S/c17-16(18)10-7-4-8-11-12(10)15-13(19-11)14-9-5-2-1-3-6-9/h1-8H,(H,14,15). The lowest BCUT2D eigenvalue weighted by Gasteiger charge is -1.99. The van der Waals surface area contributed by atoms with Crippen LogP contribution in [-0.2, 0) is 0 Å². The molecule has 0 spiro atoms. The average molecular weight is 271 g/mol. The Morgan fingerprint density at radius 3 is 2.63 bits per heavy atom. The second kappa shape index (κ2) is 4.66. The van der Waals surface area contributed by atoms with E-state index < -0.39 is 4.92 Å². The van der Waals surface area contributed by atoms with Gasteiger partial charge in [-0.2, -0.15) is 0 Å². The number of rotatable bonds is 3. The van der Waals surface area contributed by atoms with E-state index in [4.69, 9.17) is 0 Å². The molecule has 6 heteroatoms. The number of hydrogen-bond acceptors (Lipinski definition) is 5. The third-order valence-corrected chi connectivity index (χ3v) is 3.56. The summed E-state index contributed by atoms with van der Waals surface area (Å²) in [5.74, 6) is 0. The monoisotopic (exact) mass is 271 g/mol. The van der Waals surface area contributed by atoms with E-state index in [1.165, 1.54) is 17.4 Å². The molecule has 3 aromatic rings. The molecule has 94 valence electrons. The van der Waals surface area contributed by atoms with Crippen molar-refractivity contribution in [2.24, 2.45) is 0 Å². The fourth-order valence-corrected chi connectivity index (χ4v) is 2.69. The first-order chi connectivity index (χ1) is 9.24. The van der Waals surface area contributed by atoms with Gasteiger partial charge in [-0.15, -0.1) is 0 Å². The van der Waals surface area contributed by atoms with Crippen molar-refractivity contribution in [1.29, 1.82) is 0 Å². The SMILES string of the molecule is O=[N+]([O-])c1cccc2sc(Nc3ccccc3)nc12. The number of hydrogen-bond donors (Lipinski definition) is 1. The Labute approximate surface area is 112 Å². The molecule has 0 fully saturated rings. The number of non-ortho nitro benzene ring substituents is 1. The van der Waals surface area contributed by atoms with Crippen LogP contribution in [-0.4, -0.2) is 9.91 Å². The summed E-state index contributed by atoms with van der Waals surface area (Å²) in [6.07, 6.45) is 0. The van der Waals surface area contributed by atoms with Crippen LogP contribution >= 0.6 is 11.3 Å². The van der Waals surface area contributed by atoms with E-state index >= 15 is 0 Å². The Balaban J connectivity index is 2.03. The van der Waals surface area contributed by atoms with Crippen LogP contribution in [0.3, 0.4) is 0 Å². The smallest absolute Gasteiger partial charge is 0.296 e. The zero-order valence-electron chi connectivity index (χ0n) is 9.74. The highest BCUT2D eigenvalue weighted by atomic mass is 32.1. The van der Waals surface area contributed by atoms with E-state index in [-0.39, 0.29) is 5.69 Å². The van der Waals surface area contributed by atoms with E-state index in [1.54, 1.807) is 6.07 Å². The first-order valence-corrected chi connectivity index (χ1v) is 6.42. The van der Waals surface area contributed by atoms with Crippen molar-refractivity contribution >= 4 is 38.1 Å². The number of para-hydroxylation sites is 2. The molecule has 19 heavy (non-hydrogen) atoms. The van der Waals surface area contributed by atoms with Crippen LogP contribution < -0.4 is 5.32 Å². The van der Waals surface area contributed by atoms with Crippen LogP contribution in [0, 0.1) is 10.1 Å². The Hall–Kier alpha value is -2.47. The van der Waals surface area contributed by atoms with Crippen molar-refractivity contribution in [3.8, 4) is 0 Å². The molecule has 1 heterocycles. The van der Waals surface area contributed by atoms with E-state index in [2.05, 4.69) is 10.3 Å². The molecule has 2 aromatic carbocycles. The first-order valence-electron chi connectivity index (χ1n) is 5.60. The summed E-state index contributed by atoms with van der Waals surface area (Å²) in [7, 11) is 0. The number of fused-ring (bicyclic) bond motifs is 1. The zero-order valence-corrected chi connectivity index (χ0v) is 10.6. The predicted molar refractivity (Wildman–Crippen MR) is 76.0 cm³/mol. The van der Waals surface area contributed by atoms with Crippen molar-refractivity contribution in [2.75, 3.05) is 5.32 Å². The third-order valence-electron chi connectivity index (χ3n) is 2.62. The topological polar surface area (TPSA) is 68.1 Å². The van der Waals surface area contributed by atoms with Gasteiger partial charge in [0.1, 0.15) is 0 Å². The Kier molecular flexibility index (Phi) is 2.85. The summed E-state index contributed by atoms with van der Waals surface area (Å²) in [6, 6.07) is 14.6. The molecule has 3 rings (SSSR count). The minimum absolute atomic E-state index is 0.0369. The lowest BCUT2D eigenvalue weighted by molar-refractivity contribution is -0.383. The van der Waals surface area contributed by atoms with Gasteiger partial charge in [0.25, 0.3) is 5.69 Å². The summed E-state index contributed by atoms with van der Waals surface area (Å²) in [5, 5.41) is 14.7. The fraction of sp³-hybridized carbons (Fsp3) is 0. The number of nitro benzene ring substituents is 1. The molecule has 0 aliphatic carbocycles.